The molecule has 12 heteroatoms. The van der Waals surface area contributed by atoms with Crippen LogP contribution in [0.1, 0.15) is 32.1 Å². The van der Waals surface area contributed by atoms with Gasteiger partial charge in [-0.2, -0.15) is 13.2 Å². The van der Waals surface area contributed by atoms with E-state index in [2.05, 4.69) is 30.8 Å². The maximum atomic E-state index is 12.8. The number of rotatable bonds is 6. The fourth-order valence-electron chi connectivity index (χ4n) is 2.90. The molecule has 0 atom stereocenters. The molecule has 4 rings (SSSR count). The molecular weight excluding hydrogens is 443 g/mol. The highest BCUT2D eigenvalue weighted by Crippen LogP contribution is 2.30. The summed E-state index contributed by atoms with van der Waals surface area (Å²) in [5.41, 5.74) is 1.26. The average molecular weight is 459 g/mol. The second-order valence-corrected chi connectivity index (χ2v) is 7.83. The van der Waals surface area contributed by atoms with Gasteiger partial charge in [-0.3, -0.25) is 9.78 Å². The SMILES string of the molecule is Cc1nc(-c2nnnn2Cc2ccc(C(F)(F)F)cc2)sc1C(=O)NCc1cccnc1. The van der Waals surface area contributed by atoms with Gasteiger partial charge in [-0.25, -0.2) is 9.67 Å². The lowest BCUT2D eigenvalue weighted by Crippen LogP contribution is -2.22. The van der Waals surface area contributed by atoms with Gasteiger partial charge in [0.05, 0.1) is 17.8 Å². The first kappa shape index (κ1) is 21.6. The van der Waals surface area contributed by atoms with E-state index in [0.717, 1.165) is 29.0 Å². The minimum absolute atomic E-state index is 0.154. The van der Waals surface area contributed by atoms with Crippen LogP contribution in [0.25, 0.3) is 10.8 Å². The van der Waals surface area contributed by atoms with E-state index in [0.29, 0.717) is 33.5 Å². The van der Waals surface area contributed by atoms with Crippen molar-refractivity contribution in [1.82, 2.24) is 35.5 Å². The summed E-state index contributed by atoms with van der Waals surface area (Å²) in [7, 11) is 0. The summed E-state index contributed by atoms with van der Waals surface area (Å²) in [6.45, 7) is 2.19. The lowest BCUT2D eigenvalue weighted by molar-refractivity contribution is -0.137. The zero-order valence-corrected chi connectivity index (χ0v) is 17.5. The summed E-state index contributed by atoms with van der Waals surface area (Å²) >= 11 is 1.14. The summed E-state index contributed by atoms with van der Waals surface area (Å²) in [6, 6.07) is 8.41. The van der Waals surface area contributed by atoms with Crippen LogP contribution in [0.4, 0.5) is 13.2 Å². The zero-order chi connectivity index (χ0) is 22.7. The third-order valence-electron chi connectivity index (χ3n) is 4.52. The van der Waals surface area contributed by atoms with E-state index >= 15 is 0 Å². The molecule has 1 N–H and O–H groups in total. The number of aromatic nitrogens is 6. The molecule has 1 aromatic carbocycles. The molecule has 1 amide bonds. The summed E-state index contributed by atoms with van der Waals surface area (Å²) in [5, 5.41) is 14.8. The van der Waals surface area contributed by atoms with Gasteiger partial charge in [0, 0.05) is 18.9 Å². The van der Waals surface area contributed by atoms with Crippen molar-refractivity contribution in [3.05, 3.63) is 76.1 Å². The normalized spacial score (nSPS) is 11.5. The maximum Gasteiger partial charge on any atom is 0.416 e. The van der Waals surface area contributed by atoms with Crippen LogP contribution in [-0.4, -0.2) is 36.1 Å². The van der Waals surface area contributed by atoms with Gasteiger partial charge in [0.2, 0.25) is 5.82 Å². The van der Waals surface area contributed by atoms with Crippen LogP contribution in [0.5, 0.6) is 0 Å². The molecule has 0 bridgehead atoms. The summed E-state index contributed by atoms with van der Waals surface area (Å²) < 4.78 is 39.7. The average Bonchev–Trinajstić information content (AvgIpc) is 3.39. The minimum atomic E-state index is -4.40. The van der Waals surface area contributed by atoms with E-state index in [4.69, 9.17) is 0 Å². The molecule has 0 aliphatic carbocycles. The molecule has 0 spiro atoms. The van der Waals surface area contributed by atoms with Crippen molar-refractivity contribution in [2.45, 2.75) is 26.2 Å². The van der Waals surface area contributed by atoms with E-state index in [-0.39, 0.29) is 12.5 Å². The van der Waals surface area contributed by atoms with Crippen LogP contribution in [0.3, 0.4) is 0 Å². The molecule has 0 aliphatic heterocycles. The topological polar surface area (TPSA) is 98.5 Å². The number of hydrogen-bond donors (Lipinski definition) is 1. The third kappa shape index (κ3) is 4.80. The molecule has 8 nitrogen and oxygen atoms in total. The first-order chi connectivity index (χ1) is 15.3. The lowest BCUT2D eigenvalue weighted by Gasteiger charge is -2.08. The van der Waals surface area contributed by atoms with Crippen LogP contribution in [0.15, 0.2) is 48.8 Å². The van der Waals surface area contributed by atoms with Gasteiger partial charge >= 0.3 is 6.18 Å². The van der Waals surface area contributed by atoms with Crippen molar-refractivity contribution in [1.29, 1.82) is 0 Å². The van der Waals surface area contributed by atoms with E-state index in [9.17, 15) is 18.0 Å². The Kier molecular flexibility index (Phi) is 5.95. The molecule has 0 saturated heterocycles. The molecule has 3 aromatic heterocycles. The number of nitrogens with one attached hydrogen (secondary N) is 1. The Morgan fingerprint density at radius 3 is 2.62 bits per heavy atom. The quantitative estimate of drug-likeness (QED) is 0.474. The van der Waals surface area contributed by atoms with Crippen molar-refractivity contribution in [2.75, 3.05) is 0 Å². The molecule has 0 fully saturated rings. The third-order valence-corrected chi connectivity index (χ3v) is 5.67. The number of aryl methyl sites for hydroxylation is 1. The first-order valence-corrected chi connectivity index (χ1v) is 10.2. The number of halogens is 3. The molecule has 0 saturated carbocycles. The highest BCUT2D eigenvalue weighted by Gasteiger charge is 2.30. The highest BCUT2D eigenvalue weighted by atomic mass is 32.1. The summed E-state index contributed by atoms with van der Waals surface area (Å²) in [6.07, 6.45) is -1.08. The Hall–Kier alpha value is -3.67. The van der Waals surface area contributed by atoms with Gasteiger partial charge in [-0.15, -0.1) is 16.4 Å². The number of tetrazole rings is 1. The second kappa shape index (κ2) is 8.83. The van der Waals surface area contributed by atoms with E-state index in [1.54, 1.807) is 25.4 Å². The number of pyridine rings is 1. The Morgan fingerprint density at radius 1 is 1.16 bits per heavy atom. The van der Waals surface area contributed by atoms with Gasteiger partial charge in [0.25, 0.3) is 5.91 Å². The highest BCUT2D eigenvalue weighted by molar-refractivity contribution is 7.17. The Morgan fingerprint density at radius 2 is 1.94 bits per heavy atom. The van der Waals surface area contributed by atoms with Crippen molar-refractivity contribution in [2.24, 2.45) is 0 Å². The predicted octanol–water partition coefficient (Wildman–Crippen LogP) is 3.50. The number of nitrogens with zero attached hydrogens (tertiary/aromatic N) is 6. The van der Waals surface area contributed by atoms with Crippen LogP contribution >= 0.6 is 11.3 Å². The molecule has 4 aromatic rings. The van der Waals surface area contributed by atoms with Crippen molar-refractivity contribution in [3.8, 4) is 10.8 Å². The molecule has 0 unspecified atom stereocenters. The first-order valence-electron chi connectivity index (χ1n) is 9.38. The lowest BCUT2D eigenvalue weighted by atomic mass is 10.1. The van der Waals surface area contributed by atoms with Crippen molar-refractivity contribution in [3.63, 3.8) is 0 Å². The van der Waals surface area contributed by atoms with Crippen LogP contribution in [0.2, 0.25) is 0 Å². The number of alkyl halides is 3. The van der Waals surface area contributed by atoms with Gasteiger partial charge < -0.3 is 5.32 Å². The monoisotopic (exact) mass is 459 g/mol. The van der Waals surface area contributed by atoms with Crippen LogP contribution in [-0.2, 0) is 19.3 Å². The summed E-state index contributed by atoms with van der Waals surface area (Å²) in [4.78, 5) is 21.4. The molecule has 0 radical (unpaired) electrons. The zero-order valence-electron chi connectivity index (χ0n) is 16.7. The van der Waals surface area contributed by atoms with E-state index in [1.807, 2.05) is 6.07 Å². The van der Waals surface area contributed by atoms with Gasteiger partial charge in [-0.05, 0) is 46.7 Å². The number of thiazole rings is 1. The minimum Gasteiger partial charge on any atom is -0.347 e. The smallest absolute Gasteiger partial charge is 0.347 e. The second-order valence-electron chi connectivity index (χ2n) is 6.83. The van der Waals surface area contributed by atoms with Crippen molar-refractivity contribution >= 4 is 17.2 Å². The van der Waals surface area contributed by atoms with Crippen molar-refractivity contribution < 1.29 is 18.0 Å². The van der Waals surface area contributed by atoms with Crippen LogP contribution in [0, 0.1) is 6.92 Å². The fourth-order valence-corrected chi connectivity index (χ4v) is 3.88. The molecule has 32 heavy (non-hydrogen) atoms. The Balaban J connectivity index is 1.50. The van der Waals surface area contributed by atoms with E-state index in [1.165, 1.54) is 16.8 Å². The van der Waals surface area contributed by atoms with Gasteiger partial charge in [-0.1, -0.05) is 18.2 Å². The molecule has 164 valence electrons. The predicted molar refractivity (Wildman–Crippen MR) is 110 cm³/mol. The van der Waals surface area contributed by atoms with Gasteiger partial charge in [0.15, 0.2) is 5.01 Å². The summed E-state index contributed by atoms with van der Waals surface area (Å²) in [5.74, 6) is 0.0428. The molecule has 3 heterocycles. The Labute approximate surface area is 184 Å². The Bertz CT molecular complexity index is 1220. The number of hydrogen-bond acceptors (Lipinski definition) is 7. The maximum absolute atomic E-state index is 12.8. The fraction of sp³-hybridized carbons (Fsp3) is 0.200. The van der Waals surface area contributed by atoms with E-state index < -0.39 is 11.7 Å². The number of carbonyl (C=O) groups is 1. The largest absolute Gasteiger partial charge is 0.416 e. The number of amides is 1. The van der Waals surface area contributed by atoms with Crippen LogP contribution < -0.4 is 5.32 Å². The number of benzene rings is 1. The molecule has 0 aliphatic rings. The van der Waals surface area contributed by atoms with Gasteiger partial charge in [0.1, 0.15) is 4.88 Å². The molecular formula is C20H16F3N7OS. The number of carbonyl (C=O) groups excluding carboxylic acids is 1. The standard InChI is InChI=1S/C20H16F3N7OS/c1-12-16(18(31)25-10-14-3-2-8-24-9-14)32-19(26-12)17-27-28-29-30(17)11-13-4-6-15(7-5-13)20(21,22)23/h2-9H,10-11H2,1H3,(H,25,31).